The highest BCUT2D eigenvalue weighted by Gasteiger charge is 2.37. The fraction of sp³-hybridized carbons (Fsp3) is 0.375. The zero-order valence-corrected chi connectivity index (χ0v) is 10.7. The van der Waals surface area contributed by atoms with Gasteiger partial charge in [0.25, 0.3) is 0 Å². The van der Waals surface area contributed by atoms with Crippen molar-refractivity contribution < 1.29 is 4.42 Å². The highest BCUT2D eigenvalue weighted by Crippen LogP contribution is 2.44. The maximum Gasteiger partial charge on any atom is 0.125 e. The molecule has 1 saturated carbocycles. The van der Waals surface area contributed by atoms with Gasteiger partial charge in [-0.3, -0.25) is 0 Å². The number of benzene rings is 1. The largest absolute Gasteiger partial charge is 0.467 e. The van der Waals surface area contributed by atoms with Crippen LogP contribution < -0.4 is 5.32 Å². The average Bonchev–Trinajstić information content (AvgIpc) is 2.92. The topological polar surface area (TPSA) is 25.2 Å². The molecule has 1 fully saturated rings. The monoisotopic (exact) mass is 241 g/mol. The average molecular weight is 241 g/mol. The van der Waals surface area contributed by atoms with E-state index in [9.17, 15) is 0 Å². The quantitative estimate of drug-likeness (QED) is 0.862. The van der Waals surface area contributed by atoms with Crippen molar-refractivity contribution in [3.05, 3.63) is 60.1 Å². The van der Waals surface area contributed by atoms with Crippen molar-refractivity contribution in [2.45, 2.75) is 25.8 Å². The Hall–Kier alpha value is -1.54. The van der Waals surface area contributed by atoms with Gasteiger partial charge in [0.2, 0.25) is 0 Å². The molecule has 2 heteroatoms. The lowest BCUT2D eigenvalue weighted by Crippen LogP contribution is -2.27. The molecule has 0 bridgehead atoms. The highest BCUT2D eigenvalue weighted by atomic mass is 16.3. The lowest BCUT2D eigenvalue weighted by Gasteiger charge is -2.19. The van der Waals surface area contributed by atoms with Gasteiger partial charge in [-0.25, -0.2) is 0 Å². The maximum atomic E-state index is 5.57. The Bertz CT molecular complexity index is 485. The van der Waals surface area contributed by atoms with Gasteiger partial charge >= 0.3 is 0 Å². The molecule has 2 nitrogen and oxygen atoms in total. The molecule has 1 aromatic carbocycles. The van der Waals surface area contributed by atoms with Crippen molar-refractivity contribution in [3.63, 3.8) is 0 Å². The summed E-state index contributed by atoms with van der Waals surface area (Å²) in [5.41, 5.74) is 1.76. The third-order valence-electron chi connectivity index (χ3n) is 3.80. The zero-order valence-electron chi connectivity index (χ0n) is 10.7. The number of rotatable bonds is 5. The van der Waals surface area contributed by atoms with Crippen LogP contribution in [0, 0.1) is 5.41 Å². The Morgan fingerprint density at radius 2 is 1.94 bits per heavy atom. The van der Waals surface area contributed by atoms with Crippen LogP contribution >= 0.6 is 0 Å². The lowest BCUT2D eigenvalue weighted by molar-refractivity contribution is 0.410. The van der Waals surface area contributed by atoms with Crippen molar-refractivity contribution in [2.24, 2.45) is 5.41 Å². The van der Waals surface area contributed by atoms with E-state index in [1.54, 1.807) is 6.26 Å². The first kappa shape index (κ1) is 11.5. The van der Waals surface area contributed by atoms with Crippen LogP contribution in [-0.2, 0) is 0 Å². The second-order valence-corrected chi connectivity index (χ2v) is 5.55. The second kappa shape index (κ2) is 4.62. The minimum Gasteiger partial charge on any atom is -0.467 e. The molecule has 1 unspecified atom stereocenters. The number of hydrogen-bond acceptors (Lipinski definition) is 2. The molecule has 1 N–H and O–H groups in total. The summed E-state index contributed by atoms with van der Waals surface area (Å²) in [6.07, 6.45) is 4.41. The molecule has 18 heavy (non-hydrogen) atoms. The van der Waals surface area contributed by atoms with Gasteiger partial charge in [0.15, 0.2) is 0 Å². The fourth-order valence-corrected chi connectivity index (χ4v) is 2.22. The summed E-state index contributed by atoms with van der Waals surface area (Å²) in [5, 5.41) is 3.65. The van der Waals surface area contributed by atoms with Crippen LogP contribution in [0.15, 0.2) is 53.1 Å². The van der Waals surface area contributed by atoms with Crippen LogP contribution in [0.5, 0.6) is 0 Å². The Kier molecular flexibility index (Phi) is 2.96. The molecule has 1 aromatic heterocycles. The Morgan fingerprint density at radius 3 is 2.56 bits per heavy atom. The van der Waals surface area contributed by atoms with Crippen molar-refractivity contribution in [2.75, 3.05) is 6.54 Å². The van der Waals surface area contributed by atoms with E-state index < -0.39 is 0 Å². The molecule has 0 spiro atoms. The molecular weight excluding hydrogens is 222 g/mol. The second-order valence-electron chi connectivity index (χ2n) is 5.55. The van der Waals surface area contributed by atoms with Crippen LogP contribution in [-0.4, -0.2) is 6.54 Å². The van der Waals surface area contributed by atoms with E-state index >= 15 is 0 Å². The SMILES string of the molecule is CC1(CNC(c2ccccc2)c2ccco2)CC1. The third-order valence-corrected chi connectivity index (χ3v) is 3.80. The molecule has 94 valence electrons. The number of nitrogens with one attached hydrogen (secondary N) is 1. The molecule has 0 aliphatic heterocycles. The van der Waals surface area contributed by atoms with E-state index in [0.717, 1.165) is 12.3 Å². The van der Waals surface area contributed by atoms with Crippen LogP contribution in [0.3, 0.4) is 0 Å². The minimum atomic E-state index is 0.165. The van der Waals surface area contributed by atoms with Gasteiger partial charge in [-0.15, -0.1) is 0 Å². The summed E-state index contributed by atoms with van der Waals surface area (Å²) in [6, 6.07) is 14.7. The van der Waals surface area contributed by atoms with E-state index in [4.69, 9.17) is 4.42 Å². The molecule has 3 rings (SSSR count). The Balaban J connectivity index is 1.80. The summed E-state index contributed by atoms with van der Waals surface area (Å²) < 4.78 is 5.57. The Morgan fingerprint density at radius 1 is 1.17 bits per heavy atom. The van der Waals surface area contributed by atoms with E-state index in [2.05, 4.69) is 36.5 Å². The Labute approximate surface area is 108 Å². The van der Waals surface area contributed by atoms with Crippen molar-refractivity contribution >= 4 is 0 Å². The maximum absolute atomic E-state index is 5.57. The molecule has 0 saturated heterocycles. The highest BCUT2D eigenvalue weighted by molar-refractivity contribution is 5.26. The van der Waals surface area contributed by atoms with Gasteiger partial charge < -0.3 is 9.73 Å². The first-order valence-corrected chi connectivity index (χ1v) is 6.59. The van der Waals surface area contributed by atoms with E-state index in [-0.39, 0.29) is 6.04 Å². The summed E-state index contributed by atoms with van der Waals surface area (Å²) in [7, 11) is 0. The number of furan rings is 1. The normalized spacial score (nSPS) is 18.5. The third kappa shape index (κ3) is 2.49. The molecule has 1 atom stereocenters. The lowest BCUT2D eigenvalue weighted by atomic mass is 10.0. The minimum absolute atomic E-state index is 0.165. The fourth-order valence-electron chi connectivity index (χ4n) is 2.22. The van der Waals surface area contributed by atoms with Crippen LogP contribution in [0.2, 0.25) is 0 Å². The van der Waals surface area contributed by atoms with Crippen LogP contribution in [0.1, 0.15) is 37.1 Å². The van der Waals surface area contributed by atoms with Gasteiger partial charge in [-0.2, -0.15) is 0 Å². The summed E-state index contributed by atoms with van der Waals surface area (Å²) in [5.74, 6) is 0.991. The molecule has 1 heterocycles. The van der Waals surface area contributed by atoms with Crippen LogP contribution in [0.4, 0.5) is 0 Å². The first-order valence-electron chi connectivity index (χ1n) is 6.59. The summed E-state index contributed by atoms with van der Waals surface area (Å²) in [4.78, 5) is 0. The standard InChI is InChI=1S/C16H19NO/c1-16(9-10-16)12-17-15(14-8-5-11-18-14)13-6-3-2-4-7-13/h2-8,11,15,17H,9-10,12H2,1H3. The van der Waals surface area contributed by atoms with E-state index in [0.29, 0.717) is 5.41 Å². The van der Waals surface area contributed by atoms with Gasteiger partial charge in [0, 0.05) is 6.54 Å². The summed E-state index contributed by atoms with van der Waals surface area (Å²) in [6.45, 7) is 3.39. The molecule has 0 amide bonds. The van der Waals surface area contributed by atoms with Gasteiger partial charge in [-0.05, 0) is 36.0 Å². The van der Waals surface area contributed by atoms with Crippen LogP contribution in [0.25, 0.3) is 0 Å². The van der Waals surface area contributed by atoms with Crippen molar-refractivity contribution in [1.29, 1.82) is 0 Å². The summed E-state index contributed by atoms with van der Waals surface area (Å²) >= 11 is 0. The molecule has 2 aromatic rings. The molecular formula is C16H19NO. The molecule has 1 aliphatic carbocycles. The van der Waals surface area contributed by atoms with Gasteiger partial charge in [-0.1, -0.05) is 37.3 Å². The smallest absolute Gasteiger partial charge is 0.125 e. The van der Waals surface area contributed by atoms with E-state index in [1.807, 2.05) is 18.2 Å². The predicted octanol–water partition coefficient (Wildman–Crippen LogP) is 3.76. The number of hydrogen-bond donors (Lipinski definition) is 1. The first-order chi connectivity index (χ1) is 8.77. The molecule has 1 aliphatic rings. The predicted molar refractivity (Wildman–Crippen MR) is 72.3 cm³/mol. The zero-order chi connectivity index (χ0) is 12.4. The van der Waals surface area contributed by atoms with E-state index in [1.165, 1.54) is 18.4 Å². The molecule has 0 radical (unpaired) electrons. The van der Waals surface area contributed by atoms with Gasteiger partial charge in [0.05, 0.1) is 12.3 Å². The van der Waals surface area contributed by atoms with Crippen molar-refractivity contribution in [1.82, 2.24) is 5.32 Å². The van der Waals surface area contributed by atoms with Crippen molar-refractivity contribution in [3.8, 4) is 0 Å². The van der Waals surface area contributed by atoms with Gasteiger partial charge in [0.1, 0.15) is 5.76 Å².